The highest BCUT2D eigenvalue weighted by atomic mass is 16.5. The SMILES string of the molecule is COc1cc(-c2cn(C)c(=O)c3c2cnn3C)cc(OC)c1CN(C)CC(=O)NCCCCCCCCNc1cccc2c1C(O)N(C1CCC(=O)NC1=O)C2=O. The number of unbranched alkanes of at least 4 members (excludes halogenated alkanes) is 5. The topological polar surface area (TPSA) is 189 Å². The molecular formula is C41H52N8O8. The number of carbonyl (C=O) groups is 4. The van der Waals surface area contributed by atoms with Crippen molar-refractivity contribution in [2.24, 2.45) is 14.1 Å². The number of piperidine rings is 1. The van der Waals surface area contributed by atoms with Gasteiger partial charge in [0, 0.05) is 74.1 Å². The second-order valence-electron chi connectivity index (χ2n) is 14.7. The van der Waals surface area contributed by atoms with Crippen molar-refractivity contribution in [2.45, 2.75) is 70.2 Å². The molecule has 2 aliphatic heterocycles. The number of carbonyl (C=O) groups excluding carboxylic acids is 4. The molecule has 2 aromatic carbocycles. The van der Waals surface area contributed by atoms with Crippen LogP contribution in [0.2, 0.25) is 0 Å². The minimum atomic E-state index is -1.27. The number of likely N-dealkylation sites (N-methyl/N-ethyl adjacent to an activating group) is 1. The standard InChI is InChI=1S/C41H52N8O8/c1-46(22-29-32(56-4)19-25(20-33(29)57-5)28-23-47(2)41(55)37-27(28)21-44-48(37)3)24-35(51)43-18-11-9-7-6-8-10-17-42-30-14-12-13-26-36(30)40(54)49(39(26)53)31-15-16-34(50)45-38(31)52/h12-14,19-21,23,31,40,42,54H,6-11,15-18,22,24H2,1-5H3,(H,43,51)(H,45,50,52). The first-order valence-corrected chi connectivity index (χ1v) is 19.4. The van der Waals surface area contributed by atoms with Gasteiger partial charge in [-0.1, -0.05) is 31.7 Å². The molecule has 2 atom stereocenters. The normalized spacial score (nSPS) is 16.6. The molecule has 4 amide bonds. The molecule has 2 aromatic heterocycles. The first kappa shape index (κ1) is 40.9. The van der Waals surface area contributed by atoms with Gasteiger partial charge in [0.15, 0.2) is 6.23 Å². The number of imide groups is 1. The van der Waals surface area contributed by atoms with E-state index in [0.717, 1.165) is 60.6 Å². The third-order valence-corrected chi connectivity index (χ3v) is 10.7. The second kappa shape index (κ2) is 18.0. The minimum absolute atomic E-state index is 0.0678. The lowest BCUT2D eigenvalue weighted by atomic mass is 10.0. The lowest BCUT2D eigenvalue weighted by Gasteiger charge is -2.32. The van der Waals surface area contributed by atoms with Crippen LogP contribution < -0.4 is 31.0 Å². The molecule has 16 nitrogen and oxygen atoms in total. The van der Waals surface area contributed by atoms with E-state index < -0.39 is 24.1 Å². The zero-order valence-corrected chi connectivity index (χ0v) is 33.2. The maximum atomic E-state index is 13.1. The van der Waals surface area contributed by atoms with Gasteiger partial charge in [-0.2, -0.15) is 5.10 Å². The van der Waals surface area contributed by atoms with E-state index in [-0.39, 0.29) is 36.8 Å². The molecule has 0 radical (unpaired) electrons. The van der Waals surface area contributed by atoms with Crippen LogP contribution in [0.4, 0.5) is 5.69 Å². The summed E-state index contributed by atoms with van der Waals surface area (Å²) in [5, 5.41) is 24.8. The van der Waals surface area contributed by atoms with Gasteiger partial charge in [-0.15, -0.1) is 0 Å². The van der Waals surface area contributed by atoms with Crippen LogP contribution in [0.1, 0.15) is 79.1 Å². The molecule has 2 aliphatic rings. The van der Waals surface area contributed by atoms with Gasteiger partial charge in [0.1, 0.15) is 23.1 Å². The Kier molecular flexibility index (Phi) is 12.9. The maximum absolute atomic E-state index is 13.1. The lowest BCUT2D eigenvalue weighted by Crippen LogP contribution is -2.53. The van der Waals surface area contributed by atoms with Gasteiger partial charge in [-0.05, 0) is 56.1 Å². The predicted molar refractivity (Wildman–Crippen MR) is 214 cm³/mol. The molecule has 0 bridgehead atoms. The number of fused-ring (bicyclic) bond motifs is 2. The number of pyridine rings is 1. The number of aryl methyl sites for hydroxylation is 2. The van der Waals surface area contributed by atoms with E-state index in [0.29, 0.717) is 53.5 Å². The van der Waals surface area contributed by atoms with Crippen molar-refractivity contribution in [1.82, 2.24) is 34.8 Å². The number of anilines is 1. The molecule has 4 heterocycles. The Bertz CT molecular complexity index is 2190. The first-order valence-electron chi connectivity index (χ1n) is 19.4. The van der Waals surface area contributed by atoms with Gasteiger partial charge in [0.25, 0.3) is 11.5 Å². The average Bonchev–Trinajstić information content (AvgIpc) is 3.70. The summed E-state index contributed by atoms with van der Waals surface area (Å²) in [5.41, 5.74) is 4.28. The largest absolute Gasteiger partial charge is 0.496 e. The van der Waals surface area contributed by atoms with Crippen molar-refractivity contribution in [3.8, 4) is 22.6 Å². The number of aliphatic hydroxyl groups excluding tert-OH is 1. The quantitative estimate of drug-likeness (QED) is 0.0857. The molecule has 2 unspecified atom stereocenters. The number of nitrogens with zero attached hydrogens (tertiary/aromatic N) is 5. The highest BCUT2D eigenvalue weighted by Gasteiger charge is 2.45. The fraction of sp³-hybridized carbons (Fsp3) is 0.463. The summed E-state index contributed by atoms with van der Waals surface area (Å²) in [6, 6.07) is 8.15. The monoisotopic (exact) mass is 784 g/mol. The summed E-state index contributed by atoms with van der Waals surface area (Å²) in [5.74, 6) is -0.222. The van der Waals surface area contributed by atoms with E-state index in [2.05, 4.69) is 21.0 Å². The van der Waals surface area contributed by atoms with Crippen LogP contribution in [0.15, 0.2) is 47.5 Å². The highest BCUT2D eigenvalue weighted by molar-refractivity contribution is 6.06. The van der Waals surface area contributed by atoms with E-state index >= 15 is 0 Å². The molecule has 4 N–H and O–H groups in total. The van der Waals surface area contributed by atoms with E-state index in [1.54, 1.807) is 57.5 Å². The number of hydrogen-bond acceptors (Lipinski definition) is 11. The molecule has 0 spiro atoms. The van der Waals surface area contributed by atoms with Crippen molar-refractivity contribution in [2.75, 3.05) is 46.2 Å². The summed E-state index contributed by atoms with van der Waals surface area (Å²) < 4.78 is 14.7. The van der Waals surface area contributed by atoms with Crippen molar-refractivity contribution < 1.29 is 33.8 Å². The van der Waals surface area contributed by atoms with Gasteiger partial charge < -0.3 is 29.8 Å². The molecule has 4 aromatic rings. The number of nitrogens with one attached hydrogen (secondary N) is 3. The van der Waals surface area contributed by atoms with Crippen LogP contribution in [0, 0.1) is 0 Å². The lowest BCUT2D eigenvalue weighted by molar-refractivity contribution is -0.139. The summed E-state index contributed by atoms with van der Waals surface area (Å²) in [7, 11) is 8.52. The van der Waals surface area contributed by atoms with Crippen molar-refractivity contribution in [3.63, 3.8) is 0 Å². The van der Waals surface area contributed by atoms with Crippen molar-refractivity contribution in [3.05, 3.63) is 69.8 Å². The number of hydrogen-bond donors (Lipinski definition) is 4. The molecule has 1 fully saturated rings. The molecule has 0 saturated carbocycles. The van der Waals surface area contributed by atoms with Crippen LogP contribution in [0.5, 0.6) is 11.5 Å². The summed E-state index contributed by atoms with van der Waals surface area (Å²) >= 11 is 0. The molecule has 1 saturated heterocycles. The van der Waals surface area contributed by atoms with E-state index in [1.165, 1.54) is 9.47 Å². The van der Waals surface area contributed by atoms with Crippen LogP contribution >= 0.6 is 0 Å². The van der Waals surface area contributed by atoms with Crippen molar-refractivity contribution in [1.29, 1.82) is 0 Å². The number of benzene rings is 2. The van der Waals surface area contributed by atoms with E-state index in [9.17, 15) is 29.1 Å². The molecular weight excluding hydrogens is 732 g/mol. The van der Waals surface area contributed by atoms with Gasteiger partial charge >= 0.3 is 0 Å². The zero-order valence-electron chi connectivity index (χ0n) is 33.2. The van der Waals surface area contributed by atoms with Gasteiger partial charge in [-0.25, -0.2) is 0 Å². The summed E-state index contributed by atoms with van der Waals surface area (Å²) in [6.45, 7) is 1.86. The fourth-order valence-corrected chi connectivity index (χ4v) is 7.77. The Balaban J connectivity index is 0.899. The Morgan fingerprint density at radius 1 is 0.982 bits per heavy atom. The minimum Gasteiger partial charge on any atom is -0.496 e. The number of ether oxygens (including phenoxy) is 2. The number of amides is 4. The third kappa shape index (κ3) is 8.81. The van der Waals surface area contributed by atoms with E-state index in [1.807, 2.05) is 30.1 Å². The smallest absolute Gasteiger partial charge is 0.276 e. The Morgan fingerprint density at radius 2 is 1.67 bits per heavy atom. The van der Waals surface area contributed by atoms with Crippen molar-refractivity contribution >= 4 is 40.2 Å². The number of aliphatic hydroxyl groups is 1. The number of methoxy groups -OCH3 is 2. The molecule has 304 valence electrons. The molecule has 57 heavy (non-hydrogen) atoms. The van der Waals surface area contributed by atoms with Crippen LogP contribution in [0.25, 0.3) is 22.0 Å². The van der Waals surface area contributed by atoms with Gasteiger partial charge in [0.2, 0.25) is 17.7 Å². The molecule has 6 rings (SSSR count). The van der Waals surface area contributed by atoms with Gasteiger partial charge in [0.05, 0.1) is 32.5 Å². The third-order valence-electron chi connectivity index (χ3n) is 10.7. The average molecular weight is 785 g/mol. The van der Waals surface area contributed by atoms with Crippen LogP contribution in [-0.4, -0.2) is 99.8 Å². The summed E-state index contributed by atoms with van der Waals surface area (Å²) in [6.07, 6.45) is 8.31. The Morgan fingerprint density at radius 3 is 2.35 bits per heavy atom. The Labute approximate surface area is 331 Å². The van der Waals surface area contributed by atoms with Gasteiger partial charge in [-0.3, -0.25) is 43.8 Å². The van der Waals surface area contributed by atoms with Crippen LogP contribution in [-0.2, 0) is 35.0 Å². The molecule has 16 heteroatoms. The molecule has 0 aliphatic carbocycles. The summed E-state index contributed by atoms with van der Waals surface area (Å²) in [4.78, 5) is 65.8. The maximum Gasteiger partial charge on any atom is 0.276 e. The van der Waals surface area contributed by atoms with Crippen LogP contribution in [0.3, 0.4) is 0 Å². The van der Waals surface area contributed by atoms with E-state index in [4.69, 9.17) is 9.47 Å². The fourth-order valence-electron chi connectivity index (χ4n) is 7.77. The number of rotatable bonds is 18. The second-order valence-corrected chi connectivity index (χ2v) is 14.7. The first-order chi connectivity index (χ1) is 27.4. The number of aromatic nitrogens is 3. The highest BCUT2D eigenvalue weighted by Crippen LogP contribution is 2.40. The Hall–Kier alpha value is -5.74. The predicted octanol–water partition coefficient (Wildman–Crippen LogP) is 3.21. The zero-order chi connectivity index (χ0) is 40.8.